The summed E-state index contributed by atoms with van der Waals surface area (Å²) in [5.41, 5.74) is 0.632. The van der Waals surface area contributed by atoms with Crippen molar-refractivity contribution >= 4 is 5.91 Å². The van der Waals surface area contributed by atoms with Crippen LogP contribution in [0.5, 0.6) is 5.75 Å². The number of benzene rings is 1. The van der Waals surface area contributed by atoms with Gasteiger partial charge < -0.3 is 14.5 Å². The predicted molar refractivity (Wildman–Crippen MR) is 92.2 cm³/mol. The highest BCUT2D eigenvalue weighted by Gasteiger charge is 2.25. The van der Waals surface area contributed by atoms with Crippen molar-refractivity contribution in [3.8, 4) is 5.75 Å². The number of hydrogen-bond acceptors (Lipinski definition) is 4. The van der Waals surface area contributed by atoms with E-state index in [0.29, 0.717) is 12.1 Å². The van der Waals surface area contributed by atoms with Gasteiger partial charge in [-0.15, -0.1) is 0 Å². The van der Waals surface area contributed by atoms with Crippen LogP contribution < -0.4 is 10.1 Å². The number of likely N-dealkylation sites (tertiary alicyclic amines) is 1. The molecule has 5 nitrogen and oxygen atoms in total. The molecule has 1 fully saturated rings. The molecule has 2 heterocycles. The van der Waals surface area contributed by atoms with Crippen molar-refractivity contribution in [2.45, 2.75) is 25.3 Å². The second kappa shape index (κ2) is 8.02. The smallest absolute Gasteiger partial charge is 0.251 e. The van der Waals surface area contributed by atoms with E-state index < -0.39 is 0 Å². The van der Waals surface area contributed by atoms with Crippen LogP contribution >= 0.6 is 0 Å². The fourth-order valence-electron chi connectivity index (χ4n) is 3.15. The Morgan fingerprint density at radius 1 is 1.21 bits per heavy atom. The van der Waals surface area contributed by atoms with Crippen LogP contribution in [0.2, 0.25) is 0 Å². The zero-order valence-electron chi connectivity index (χ0n) is 14.0. The highest BCUT2D eigenvalue weighted by Crippen LogP contribution is 2.24. The third-order valence-electron chi connectivity index (χ3n) is 4.51. The van der Waals surface area contributed by atoms with Crippen LogP contribution in [-0.2, 0) is 0 Å². The van der Waals surface area contributed by atoms with Gasteiger partial charge in [0.05, 0.1) is 19.4 Å². The van der Waals surface area contributed by atoms with E-state index in [-0.39, 0.29) is 11.9 Å². The van der Waals surface area contributed by atoms with Crippen LogP contribution in [0.4, 0.5) is 0 Å². The Morgan fingerprint density at radius 2 is 1.96 bits per heavy atom. The number of amides is 1. The van der Waals surface area contributed by atoms with Crippen molar-refractivity contribution < 1.29 is 13.9 Å². The molecule has 24 heavy (non-hydrogen) atoms. The number of carbonyl (C=O) groups excluding carboxylic acids is 1. The third-order valence-corrected chi connectivity index (χ3v) is 4.51. The summed E-state index contributed by atoms with van der Waals surface area (Å²) >= 11 is 0. The van der Waals surface area contributed by atoms with Gasteiger partial charge in [0.15, 0.2) is 0 Å². The lowest BCUT2D eigenvalue weighted by atomic mass is 10.1. The molecule has 1 aromatic heterocycles. The van der Waals surface area contributed by atoms with E-state index in [1.807, 2.05) is 12.1 Å². The van der Waals surface area contributed by atoms with E-state index in [1.54, 1.807) is 37.6 Å². The number of nitrogens with zero attached hydrogens (tertiary/aromatic N) is 1. The summed E-state index contributed by atoms with van der Waals surface area (Å²) in [5, 5.41) is 3.04. The molecular weight excluding hydrogens is 304 g/mol. The van der Waals surface area contributed by atoms with Crippen LogP contribution in [0.25, 0.3) is 0 Å². The Bertz CT molecular complexity index is 631. The van der Waals surface area contributed by atoms with Crippen LogP contribution in [0, 0.1) is 0 Å². The molecule has 5 heteroatoms. The number of rotatable bonds is 6. The average Bonchev–Trinajstić information content (AvgIpc) is 3.17. The maximum atomic E-state index is 12.4. The van der Waals surface area contributed by atoms with Gasteiger partial charge >= 0.3 is 0 Å². The van der Waals surface area contributed by atoms with Gasteiger partial charge in [-0.1, -0.05) is 6.42 Å². The first-order valence-corrected chi connectivity index (χ1v) is 8.47. The number of furan rings is 1. The standard InChI is InChI=1S/C19H24N2O3/c1-23-16-9-7-15(8-10-16)19(22)20-14-17(18-6-5-13-24-18)21-11-3-2-4-12-21/h5-10,13,17H,2-4,11-12,14H2,1H3,(H,20,22)/t17-/m1/s1. The molecule has 1 amide bonds. The summed E-state index contributed by atoms with van der Waals surface area (Å²) in [6, 6.07) is 11.1. The monoisotopic (exact) mass is 328 g/mol. The quantitative estimate of drug-likeness (QED) is 0.884. The third kappa shape index (κ3) is 3.97. The Labute approximate surface area is 142 Å². The van der Waals surface area contributed by atoms with E-state index in [0.717, 1.165) is 24.6 Å². The van der Waals surface area contributed by atoms with E-state index in [1.165, 1.54) is 19.3 Å². The molecule has 128 valence electrons. The first-order chi connectivity index (χ1) is 11.8. The van der Waals surface area contributed by atoms with E-state index in [4.69, 9.17) is 9.15 Å². The molecule has 0 aliphatic carbocycles. The molecule has 1 aromatic carbocycles. The van der Waals surface area contributed by atoms with Gasteiger partial charge in [-0.2, -0.15) is 0 Å². The molecule has 1 N–H and O–H groups in total. The van der Waals surface area contributed by atoms with Crippen molar-refractivity contribution in [3.05, 3.63) is 54.0 Å². The lowest BCUT2D eigenvalue weighted by molar-refractivity contribution is 0.0914. The number of carbonyl (C=O) groups is 1. The Kier molecular flexibility index (Phi) is 5.54. The molecule has 3 rings (SSSR count). The minimum atomic E-state index is -0.0776. The molecule has 1 aliphatic rings. The van der Waals surface area contributed by atoms with Gasteiger partial charge in [-0.3, -0.25) is 9.69 Å². The summed E-state index contributed by atoms with van der Waals surface area (Å²) in [6.07, 6.45) is 5.37. The van der Waals surface area contributed by atoms with Crippen molar-refractivity contribution in [2.24, 2.45) is 0 Å². The van der Waals surface area contributed by atoms with Crippen LogP contribution in [-0.4, -0.2) is 37.6 Å². The van der Waals surface area contributed by atoms with Gasteiger partial charge in [0, 0.05) is 12.1 Å². The van der Waals surface area contributed by atoms with Crippen molar-refractivity contribution in [1.82, 2.24) is 10.2 Å². The highest BCUT2D eigenvalue weighted by molar-refractivity contribution is 5.94. The van der Waals surface area contributed by atoms with Crippen LogP contribution in [0.3, 0.4) is 0 Å². The van der Waals surface area contributed by atoms with Crippen LogP contribution in [0.1, 0.15) is 41.4 Å². The fourth-order valence-corrected chi connectivity index (χ4v) is 3.15. The summed E-state index contributed by atoms with van der Waals surface area (Å²) in [4.78, 5) is 14.8. The molecule has 0 bridgehead atoms. The Morgan fingerprint density at radius 3 is 2.58 bits per heavy atom. The number of hydrogen-bond donors (Lipinski definition) is 1. The van der Waals surface area contributed by atoms with Gasteiger partial charge in [0.2, 0.25) is 0 Å². The maximum Gasteiger partial charge on any atom is 0.251 e. The summed E-state index contributed by atoms with van der Waals surface area (Å²) < 4.78 is 10.7. The van der Waals surface area contributed by atoms with Gasteiger partial charge in [-0.25, -0.2) is 0 Å². The lowest BCUT2D eigenvalue weighted by Crippen LogP contribution is -2.40. The molecular formula is C19H24N2O3. The Hall–Kier alpha value is -2.27. The highest BCUT2D eigenvalue weighted by atomic mass is 16.5. The number of nitrogens with one attached hydrogen (secondary N) is 1. The summed E-state index contributed by atoms with van der Waals surface area (Å²) in [7, 11) is 1.61. The molecule has 0 unspecified atom stereocenters. The molecule has 2 aromatic rings. The molecule has 1 saturated heterocycles. The summed E-state index contributed by atoms with van der Waals surface area (Å²) in [5.74, 6) is 1.58. The van der Waals surface area contributed by atoms with Crippen molar-refractivity contribution in [2.75, 3.05) is 26.7 Å². The minimum absolute atomic E-state index is 0.0776. The second-order valence-electron chi connectivity index (χ2n) is 6.07. The SMILES string of the molecule is COc1ccc(C(=O)NC[C@H](c2ccco2)N2CCCCC2)cc1. The topological polar surface area (TPSA) is 54.7 Å². The van der Waals surface area contributed by atoms with E-state index >= 15 is 0 Å². The van der Waals surface area contributed by atoms with E-state index in [2.05, 4.69) is 10.2 Å². The second-order valence-corrected chi connectivity index (χ2v) is 6.07. The molecule has 0 saturated carbocycles. The normalized spacial score (nSPS) is 16.5. The largest absolute Gasteiger partial charge is 0.497 e. The first-order valence-electron chi connectivity index (χ1n) is 8.47. The fraction of sp³-hybridized carbons (Fsp3) is 0.421. The molecule has 0 spiro atoms. The molecule has 1 aliphatic heterocycles. The minimum Gasteiger partial charge on any atom is -0.497 e. The summed E-state index contributed by atoms with van der Waals surface area (Å²) in [6.45, 7) is 2.63. The molecule has 1 atom stereocenters. The van der Waals surface area contributed by atoms with E-state index in [9.17, 15) is 4.79 Å². The zero-order valence-corrected chi connectivity index (χ0v) is 14.0. The predicted octanol–water partition coefficient (Wildman–Crippen LogP) is 3.25. The average molecular weight is 328 g/mol. The van der Waals surface area contributed by atoms with Crippen molar-refractivity contribution in [1.29, 1.82) is 0 Å². The maximum absolute atomic E-state index is 12.4. The van der Waals surface area contributed by atoms with Crippen molar-refractivity contribution in [3.63, 3.8) is 0 Å². The van der Waals surface area contributed by atoms with Gasteiger partial charge in [0.25, 0.3) is 5.91 Å². The zero-order chi connectivity index (χ0) is 16.8. The van der Waals surface area contributed by atoms with Crippen LogP contribution in [0.15, 0.2) is 47.1 Å². The number of ether oxygens (including phenoxy) is 1. The number of piperidine rings is 1. The Balaban J connectivity index is 1.65. The first kappa shape index (κ1) is 16.6. The van der Waals surface area contributed by atoms with Gasteiger partial charge in [-0.05, 0) is 62.3 Å². The molecule has 0 radical (unpaired) electrons. The van der Waals surface area contributed by atoms with Gasteiger partial charge in [0.1, 0.15) is 11.5 Å². The number of methoxy groups -OCH3 is 1. The lowest BCUT2D eigenvalue weighted by Gasteiger charge is -2.33.